The molecule has 3 aromatic rings. The predicted molar refractivity (Wildman–Crippen MR) is 122 cm³/mol. The van der Waals surface area contributed by atoms with E-state index in [4.69, 9.17) is 19.2 Å². The summed E-state index contributed by atoms with van der Waals surface area (Å²) in [5.74, 6) is 2.94. The van der Waals surface area contributed by atoms with E-state index in [1.54, 1.807) is 7.11 Å². The molecule has 1 saturated carbocycles. The molecule has 1 N–H and O–H groups in total. The lowest BCUT2D eigenvalue weighted by Crippen LogP contribution is -2.25. The number of rotatable bonds is 8. The minimum absolute atomic E-state index is 0.144. The van der Waals surface area contributed by atoms with Crippen LogP contribution in [0.1, 0.15) is 39.2 Å². The largest absolute Gasteiger partial charge is 0.493 e. The third-order valence-electron chi connectivity index (χ3n) is 6.45. The Morgan fingerprint density at radius 1 is 1.10 bits per heavy atom. The van der Waals surface area contributed by atoms with Crippen molar-refractivity contribution in [3.63, 3.8) is 0 Å². The zero-order valence-electron chi connectivity index (χ0n) is 18.6. The fraction of sp³-hybridized carbons (Fsp3) is 0.480. The zero-order valence-corrected chi connectivity index (χ0v) is 18.6. The van der Waals surface area contributed by atoms with Crippen LogP contribution in [0.5, 0.6) is 17.2 Å². The monoisotopic (exact) mass is 421 g/mol. The molecule has 0 amide bonds. The van der Waals surface area contributed by atoms with Crippen molar-refractivity contribution in [3.05, 3.63) is 36.7 Å². The van der Waals surface area contributed by atoms with Crippen LogP contribution in [-0.2, 0) is 0 Å². The van der Waals surface area contributed by atoms with Crippen molar-refractivity contribution in [3.8, 4) is 28.4 Å². The Morgan fingerprint density at radius 2 is 1.94 bits per heavy atom. The van der Waals surface area contributed by atoms with E-state index in [1.165, 1.54) is 12.8 Å². The number of hydrogen-bond donors (Lipinski definition) is 1. The highest BCUT2D eigenvalue weighted by Gasteiger charge is 2.28. The maximum Gasteiger partial charge on any atom is 0.161 e. The molecule has 1 saturated heterocycles. The van der Waals surface area contributed by atoms with E-state index in [2.05, 4.69) is 35.0 Å². The fourth-order valence-corrected chi connectivity index (χ4v) is 4.52. The van der Waals surface area contributed by atoms with Gasteiger partial charge in [-0.15, -0.1) is 0 Å². The number of nitrogens with zero attached hydrogens (tertiary/aromatic N) is 2. The van der Waals surface area contributed by atoms with E-state index >= 15 is 0 Å². The van der Waals surface area contributed by atoms with Crippen LogP contribution >= 0.6 is 0 Å². The highest BCUT2D eigenvalue weighted by Crippen LogP contribution is 2.42. The first-order valence-electron chi connectivity index (χ1n) is 11.4. The van der Waals surface area contributed by atoms with Crippen molar-refractivity contribution < 1.29 is 14.2 Å². The average molecular weight is 422 g/mol. The second-order valence-electron chi connectivity index (χ2n) is 8.60. The van der Waals surface area contributed by atoms with Crippen molar-refractivity contribution in [2.75, 3.05) is 26.8 Å². The number of ether oxygens (including phenoxy) is 3. The molecule has 0 unspecified atom stereocenters. The summed E-state index contributed by atoms with van der Waals surface area (Å²) >= 11 is 0. The van der Waals surface area contributed by atoms with Gasteiger partial charge in [-0.2, -0.15) is 0 Å². The highest BCUT2D eigenvalue weighted by atomic mass is 16.5. The highest BCUT2D eigenvalue weighted by molar-refractivity contribution is 5.88. The van der Waals surface area contributed by atoms with Crippen LogP contribution in [0.15, 0.2) is 36.7 Å². The Morgan fingerprint density at radius 3 is 2.65 bits per heavy atom. The number of imidazole rings is 1. The smallest absolute Gasteiger partial charge is 0.161 e. The van der Waals surface area contributed by atoms with Crippen LogP contribution in [0.2, 0.25) is 0 Å². The lowest BCUT2D eigenvalue weighted by atomic mass is 10.0. The summed E-state index contributed by atoms with van der Waals surface area (Å²) in [4.78, 5) is 4.74. The molecule has 5 rings (SSSR count). The molecular formula is C25H31N3O3. The summed E-state index contributed by atoms with van der Waals surface area (Å²) in [6.07, 6.45) is 5.70. The Balaban J connectivity index is 1.57. The van der Waals surface area contributed by atoms with E-state index in [0.717, 1.165) is 58.9 Å². The Kier molecular flexibility index (Phi) is 5.48. The van der Waals surface area contributed by atoms with Crippen LogP contribution in [0, 0.1) is 5.92 Å². The zero-order chi connectivity index (χ0) is 21.4. The van der Waals surface area contributed by atoms with Gasteiger partial charge >= 0.3 is 0 Å². The van der Waals surface area contributed by atoms with Crippen LogP contribution in [-0.4, -0.2) is 42.5 Å². The fourth-order valence-electron chi connectivity index (χ4n) is 4.52. The van der Waals surface area contributed by atoms with Gasteiger partial charge in [0.25, 0.3) is 0 Å². The maximum atomic E-state index is 6.62. The van der Waals surface area contributed by atoms with Gasteiger partial charge < -0.3 is 24.1 Å². The molecule has 2 aromatic carbocycles. The lowest BCUT2D eigenvalue weighted by molar-refractivity contribution is 0.163. The Labute approximate surface area is 183 Å². The molecule has 2 atom stereocenters. The van der Waals surface area contributed by atoms with Crippen LogP contribution < -0.4 is 19.5 Å². The summed E-state index contributed by atoms with van der Waals surface area (Å²) in [5.41, 5.74) is 4.23. The van der Waals surface area contributed by atoms with Crippen molar-refractivity contribution in [2.45, 2.75) is 45.3 Å². The molecule has 2 fully saturated rings. The SMILES string of the molecule is CCOc1cc(-c2cc(O[C@H](C)[C@@H]3CCNC3)c3c(c2)ncn3C2CC2)ccc1OC. The number of aromatic nitrogens is 2. The normalized spacial score (nSPS) is 19.5. The molecule has 0 spiro atoms. The van der Waals surface area contributed by atoms with Gasteiger partial charge in [0.15, 0.2) is 11.5 Å². The Hall–Kier alpha value is -2.73. The summed E-state index contributed by atoms with van der Waals surface area (Å²) < 4.78 is 20.2. The minimum Gasteiger partial charge on any atom is -0.493 e. The van der Waals surface area contributed by atoms with E-state index in [-0.39, 0.29) is 6.10 Å². The van der Waals surface area contributed by atoms with Gasteiger partial charge in [-0.25, -0.2) is 4.98 Å². The van der Waals surface area contributed by atoms with Gasteiger partial charge in [-0.3, -0.25) is 0 Å². The Bertz CT molecular complexity index is 1070. The molecule has 31 heavy (non-hydrogen) atoms. The van der Waals surface area contributed by atoms with Gasteiger partial charge in [0, 0.05) is 18.5 Å². The number of benzene rings is 2. The molecule has 2 aliphatic rings. The predicted octanol–water partition coefficient (Wildman–Crippen LogP) is 4.82. The van der Waals surface area contributed by atoms with Gasteiger partial charge in [-0.1, -0.05) is 6.07 Å². The molecule has 164 valence electrons. The number of fused-ring (bicyclic) bond motifs is 1. The molecule has 1 aliphatic heterocycles. The van der Waals surface area contributed by atoms with E-state index in [1.807, 2.05) is 25.4 Å². The molecular weight excluding hydrogens is 390 g/mol. The van der Waals surface area contributed by atoms with E-state index in [0.29, 0.717) is 18.6 Å². The molecule has 2 heterocycles. The third-order valence-corrected chi connectivity index (χ3v) is 6.45. The van der Waals surface area contributed by atoms with Gasteiger partial charge in [0.2, 0.25) is 0 Å². The second-order valence-corrected chi connectivity index (χ2v) is 8.60. The van der Waals surface area contributed by atoms with Crippen LogP contribution in [0.3, 0.4) is 0 Å². The van der Waals surface area contributed by atoms with Crippen molar-refractivity contribution in [2.24, 2.45) is 5.92 Å². The molecule has 1 aromatic heterocycles. The summed E-state index contributed by atoms with van der Waals surface area (Å²) in [7, 11) is 1.67. The van der Waals surface area contributed by atoms with Gasteiger partial charge in [0.1, 0.15) is 17.4 Å². The summed E-state index contributed by atoms with van der Waals surface area (Å²) in [6, 6.07) is 10.9. The summed E-state index contributed by atoms with van der Waals surface area (Å²) in [5, 5.41) is 3.45. The van der Waals surface area contributed by atoms with Crippen molar-refractivity contribution in [1.29, 1.82) is 0 Å². The van der Waals surface area contributed by atoms with Gasteiger partial charge in [-0.05, 0) is 75.0 Å². The topological polar surface area (TPSA) is 57.5 Å². The molecule has 0 radical (unpaired) electrons. The van der Waals surface area contributed by atoms with E-state index in [9.17, 15) is 0 Å². The first-order valence-corrected chi connectivity index (χ1v) is 11.4. The first-order chi connectivity index (χ1) is 15.2. The second kappa shape index (κ2) is 8.42. The number of methoxy groups -OCH3 is 1. The van der Waals surface area contributed by atoms with Gasteiger partial charge in [0.05, 0.1) is 25.6 Å². The summed E-state index contributed by atoms with van der Waals surface area (Å²) in [6.45, 7) is 6.84. The molecule has 1 aliphatic carbocycles. The number of nitrogens with one attached hydrogen (secondary N) is 1. The quantitative estimate of drug-likeness (QED) is 0.565. The first kappa shape index (κ1) is 20.2. The van der Waals surface area contributed by atoms with Crippen LogP contribution in [0.4, 0.5) is 0 Å². The third kappa shape index (κ3) is 3.97. The average Bonchev–Trinajstić information content (AvgIpc) is 3.29. The van der Waals surface area contributed by atoms with Crippen molar-refractivity contribution in [1.82, 2.24) is 14.9 Å². The minimum atomic E-state index is 0.144. The van der Waals surface area contributed by atoms with E-state index < -0.39 is 0 Å². The molecule has 0 bridgehead atoms. The number of hydrogen-bond acceptors (Lipinski definition) is 5. The standard InChI is InChI=1S/C25H31N3O3/c1-4-30-23-12-17(5-8-22(23)29-3)19-11-21-25(28(15-27-21)20-6-7-20)24(13-19)31-16(2)18-9-10-26-14-18/h5,8,11-13,15-16,18,20,26H,4,6-7,9-10,14H2,1-3H3/t16-,18-/m1/s1. The lowest BCUT2D eigenvalue weighted by Gasteiger charge is -2.22. The van der Waals surface area contributed by atoms with Crippen LogP contribution in [0.25, 0.3) is 22.2 Å². The molecule has 6 heteroatoms. The molecule has 6 nitrogen and oxygen atoms in total. The maximum absolute atomic E-state index is 6.62. The van der Waals surface area contributed by atoms with Crippen molar-refractivity contribution >= 4 is 11.0 Å².